The van der Waals surface area contributed by atoms with Crippen molar-refractivity contribution in [1.82, 2.24) is 5.32 Å². The first-order valence-corrected chi connectivity index (χ1v) is 5.54. The molecular formula is C12H18N2O3. The van der Waals surface area contributed by atoms with Crippen LogP contribution in [0.3, 0.4) is 0 Å². The molecule has 4 N–H and O–H groups in total. The highest BCUT2D eigenvalue weighted by atomic mass is 16.5. The van der Waals surface area contributed by atoms with Gasteiger partial charge in [-0.1, -0.05) is 12.1 Å². The first-order chi connectivity index (χ1) is 8.13. The Balaban J connectivity index is 2.41. The second kappa shape index (κ2) is 6.88. The van der Waals surface area contributed by atoms with E-state index in [2.05, 4.69) is 5.32 Å². The predicted octanol–water partition coefficient (Wildman–Crippen LogP) is 0.587. The highest BCUT2D eigenvalue weighted by Gasteiger charge is 2.09. The van der Waals surface area contributed by atoms with E-state index in [1.807, 2.05) is 31.2 Å². The molecule has 94 valence electrons. The fourth-order valence-electron chi connectivity index (χ4n) is 1.37. The van der Waals surface area contributed by atoms with Gasteiger partial charge in [-0.2, -0.15) is 0 Å². The van der Waals surface area contributed by atoms with Crippen molar-refractivity contribution in [3.8, 4) is 5.75 Å². The van der Waals surface area contributed by atoms with E-state index in [1.54, 1.807) is 0 Å². The van der Waals surface area contributed by atoms with Crippen molar-refractivity contribution in [3.05, 3.63) is 29.8 Å². The molecule has 0 aliphatic heterocycles. The van der Waals surface area contributed by atoms with E-state index in [0.29, 0.717) is 13.2 Å². The van der Waals surface area contributed by atoms with Gasteiger partial charge in [-0.05, 0) is 24.6 Å². The van der Waals surface area contributed by atoms with Crippen molar-refractivity contribution in [1.29, 1.82) is 0 Å². The van der Waals surface area contributed by atoms with Crippen LogP contribution >= 0.6 is 0 Å². The Bertz CT molecular complexity index is 369. The van der Waals surface area contributed by atoms with Crippen LogP contribution in [0.4, 0.5) is 0 Å². The third-order valence-corrected chi connectivity index (χ3v) is 2.22. The number of aliphatic carboxylic acids is 1. The largest absolute Gasteiger partial charge is 0.494 e. The number of hydrogen-bond acceptors (Lipinski definition) is 4. The highest BCUT2D eigenvalue weighted by molar-refractivity contribution is 5.73. The van der Waals surface area contributed by atoms with E-state index in [9.17, 15) is 4.79 Å². The van der Waals surface area contributed by atoms with Crippen LogP contribution in [-0.2, 0) is 11.3 Å². The monoisotopic (exact) mass is 238 g/mol. The molecule has 5 heteroatoms. The van der Waals surface area contributed by atoms with Gasteiger partial charge >= 0.3 is 5.97 Å². The van der Waals surface area contributed by atoms with E-state index in [0.717, 1.165) is 11.3 Å². The molecule has 0 amide bonds. The minimum atomic E-state index is -0.999. The summed E-state index contributed by atoms with van der Waals surface area (Å²) in [5.74, 6) is -0.185. The average molecular weight is 238 g/mol. The number of hydrogen-bond donors (Lipinski definition) is 3. The Morgan fingerprint density at radius 2 is 2.35 bits per heavy atom. The van der Waals surface area contributed by atoms with Gasteiger partial charge in [0.1, 0.15) is 11.8 Å². The highest BCUT2D eigenvalue weighted by Crippen LogP contribution is 2.12. The maximum atomic E-state index is 10.5. The zero-order valence-corrected chi connectivity index (χ0v) is 9.85. The van der Waals surface area contributed by atoms with Crippen LogP contribution in [0.2, 0.25) is 0 Å². The Hall–Kier alpha value is -1.59. The van der Waals surface area contributed by atoms with Gasteiger partial charge in [-0.15, -0.1) is 0 Å². The van der Waals surface area contributed by atoms with Gasteiger partial charge < -0.3 is 20.9 Å². The fraction of sp³-hybridized carbons (Fsp3) is 0.417. The predicted molar refractivity (Wildman–Crippen MR) is 64.9 cm³/mol. The van der Waals surface area contributed by atoms with Gasteiger partial charge in [0.25, 0.3) is 0 Å². The smallest absolute Gasteiger partial charge is 0.321 e. The number of carbonyl (C=O) groups is 1. The van der Waals surface area contributed by atoms with Crippen molar-refractivity contribution in [2.24, 2.45) is 5.73 Å². The molecule has 0 saturated heterocycles. The van der Waals surface area contributed by atoms with Crippen LogP contribution in [-0.4, -0.2) is 30.3 Å². The summed E-state index contributed by atoms with van der Waals surface area (Å²) in [5, 5.41) is 11.6. The molecule has 0 heterocycles. The third kappa shape index (κ3) is 4.84. The Kier molecular flexibility index (Phi) is 5.45. The number of carboxylic acid groups (broad SMARTS) is 1. The summed E-state index contributed by atoms with van der Waals surface area (Å²) < 4.78 is 5.37. The molecule has 1 aromatic rings. The molecule has 0 aliphatic carbocycles. The maximum absolute atomic E-state index is 10.5. The summed E-state index contributed by atoms with van der Waals surface area (Å²) in [5.41, 5.74) is 6.41. The van der Waals surface area contributed by atoms with Crippen molar-refractivity contribution in [2.75, 3.05) is 13.2 Å². The minimum Gasteiger partial charge on any atom is -0.494 e. The molecule has 1 aromatic carbocycles. The van der Waals surface area contributed by atoms with Crippen molar-refractivity contribution < 1.29 is 14.6 Å². The minimum absolute atomic E-state index is 0.244. The second-order valence-electron chi connectivity index (χ2n) is 3.66. The van der Waals surface area contributed by atoms with Gasteiger partial charge in [0.2, 0.25) is 0 Å². The number of rotatable bonds is 7. The number of ether oxygens (including phenoxy) is 1. The second-order valence-corrected chi connectivity index (χ2v) is 3.66. The quantitative estimate of drug-likeness (QED) is 0.647. The number of carboxylic acids is 1. The molecule has 0 aliphatic rings. The molecule has 5 nitrogen and oxygen atoms in total. The Morgan fingerprint density at radius 1 is 1.59 bits per heavy atom. The van der Waals surface area contributed by atoms with E-state index in [4.69, 9.17) is 15.6 Å². The number of nitrogens with one attached hydrogen (secondary N) is 1. The van der Waals surface area contributed by atoms with Gasteiger partial charge in [0.05, 0.1) is 6.61 Å². The summed E-state index contributed by atoms with van der Waals surface area (Å²) in [6.07, 6.45) is 0. The molecule has 1 atom stereocenters. The van der Waals surface area contributed by atoms with E-state index >= 15 is 0 Å². The lowest BCUT2D eigenvalue weighted by Gasteiger charge is -2.09. The van der Waals surface area contributed by atoms with Crippen LogP contribution in [0, 0.1) is 0 Å². The molecule has 0 radical (unpaired) electrons. The molecule has 0 aromatic heterocycles. The van der Waals surface area contributed by atoms with Crippen LogP contribution in [0.5, 0.6) is 5.75 Å². The molecule has 0 spiro atoms. The normalized spacial score (nSPS) is 12.1. The molecule has 17 heavy (non-hydrogen) atoms. The third-order valence-electron chi connectivity index (χ3n) is 2.22. The summed E-state index contributed by atoms with van der Waals surface area (Å²) in [6.45, 7) is 3.37. The lowest BCUT2D eigenvalue weighted by Crippen LogP contribution is -2.40. The number of nitrogens with two attached hydrogens (primary N) is 1. The zero-order chi connectivity index (χ0) is 12.7. The topological polar surface area (TPSA) is 84.6 Å². The van der Waals surface area contributed by atoms with E-state index in [-0.39, 0.29) is 6.54 Å². The fourth-order valence-corrected chi connectivity index (χ4v) is 1.37. The molecule has 0 bridgehead atoms. The van der Waals surface area contributed by atoms with Crippen LogP contribution < -0.4 is 15.8 Å². The lowest BCUT2D eigenvalue weighted by atomic mass is 10.2. The average Bonchev–Trinajstić information content (AvgIpc) is 2.29. The molecule has 0 saturated carbocycles. The zero-order valence-electron chi connectivity index (χ0n) is 9.85. The van der Waals surface area contributed by atoms with Gasteiger partial charge in [0, 0.05) is 13.1 Å². The van der Waals surface area contributed by atoms with E-state index in [1.165, 1.54) is 0 Å². The first kappa shape index (κ1) is 13.5. The molecule has 0 fully saturated rings. The van der Waals surface area contributed by atoms with Gasteiger partial charge in [0.15, 0.2) is 0 Å². The Labute approximate surface area is 101 Å². The SMILES string of the molecule is CCOc1cccc(CNCC(N)C(=O)O)c1. The van der Waals surface area contributed by atoms with E-state index < -0.39 is 12.0 Å². The standard InChI is InChI=1S/C12H18N2O3/c1-2-17-10-5-3-4-9(6-10)7-14-8-11(13)12(15)16/h3-6,11,14H,2,7-8,13H2,1H3,(H,15,16). The lowest BCUT2D eigenvalue weighted by molar-refractivity contribution is -0.138. The summed E-state index contributed by atoms with van der Waals surface area (Å²) in [7, 11) is 0. The van der Waals surface area contributed by atoms with Gasteiger partial charge in [-0.3, -0.25) is 4.79 Å². The van der Waals surface area contributed by atoms with Gasteiger partial charge in [-0.25, -0.2) is 0 Å². The van der Waals surface area contributed by atoms with Crippen molar-refractivity contribution in [3.63, 3.8) is 0 Å². The summed E-state index contributed by atoms with van der Waals surface area (Å²) in [6, 6.07) is 6.78. The molecule has 1 unspecified atom stereocenters. The summed E-state index contributed by atoms with van der Waals surface area (Å²) in [4.78, 5) is 10.5. The first-order valence-electron chi connectivity index (χ1n) is 5.54. The maximum Gasteiger partial charge on any atom is 0.321 e. The Morgan fingerprint density at radius 3 is 3.00 bits per heavy atom. The molecule has 1 rings (SSSR count). The van der Waals surface area contributed by atoms with Crippen LogP contribution in [0.15, 0.2) is 24.3 Å². The van der Waals surface area contributed by atoms with Crippen molar-refractivity contribution in [2.45, 2.75) is 19.5 Å². The summed E-state index contributed by atoms with van der Waals surface area (Å²) >= 11 is 0. The van der Waals surface area contributed by atoms with Crippen LogP contribution in [0.25, 0.3) is 0 Å². The number of benzene rings is 1. The molecular weight excluding hydrogens is 220 g/mol. The van der Waals surface area contributed by atoms with Crippen LogP contribution in [0.1, 0.15) is 12.5 Å². The van der Waals surface area contributed by atoms with Crippen molar-refractivity contribution >= 4 is 5.97 Å².